The highest BCUT2D eigenvalue weighted by Crippen LogP contribution is 2.11. The molecule has 0 saturated carbocycles. The molecule has 8 heteroatoms. The third-order valence-corrected chi connectivity index (χ3v) is 2.57. The average Bonchev–Trinajstić information content (AvgIpc) is 2.68. The van der Waals surface area contributed by atoms with Gasteiger partial charge in [0.15, 0.2) is 5.78 Å². The molecule has 8 nitrogen and oxygen atoms in total. The van der Waals surface area contributed by atoms with E-state index in [0.29, 0.717) is 10.5 Å². The minimum atomic E-state index is -1.32. The number of carboxylic acid groups (broad SMARTS) is 2. The van der Waals surface area contributed by atoms with Gasteiger partial charge < -0.3 is 19.7 Å². The number of hydrogen-bond acceptors (Lipinski definition) is 4. The van der Waals surface area contributed by atoms with Gasteiger partial charge in [0.25, 0.3) is 5.91 Å². The molecule has 2 N–H and O–H groups in total. The van der Waals surface area contributed by atoms with Crippen molar-refractivity contribution in [3.63, 3.8) is 0 Å². The van der Waals surface area contributed by atoms with Gasteiger partial charge in [-0.1, -0.05) is 0 Å². The number of carbonyl (C=O) groups is 4. The summed E-state index contributed by atoms with van der Waals surface area (Å²) in [5.41, 5.74) is 0.346. The van der Waals surface area contributed by atoms with Gasteiger partial charge in [0.1, 0.15) is 18.8 Å². The molecule has 0 aromatic carbocycles. The Morgan fingerprint density at radius 3 is 2.00 bits per heavy atom. The highest BCUT2D eigenvalue weighted by molar-refractivity contribution is 6.00. The van der Waals surface area contributed by atoms with Crippen LogP contribution >= 0.6 is 0 Å². The second-order valence-electron chi connectivity index (χ2n) is 4.23. The molecule has 1 heterocycles. The van der Waals surface area contributed by atoms with Gasteiger partial charge in [-0.3, -0.25) is 19.2 Å². The molecule has 1 aromatic heterocycles. The van der Waals surface area contributed by atoms with E-state index in [4.69, 9.17) is 10.2 Å². The molecule has 1 aromatic rings. The quantitative estimate of drug-likeness (QED) is 0.700. The van der Waals surface area contributed by atoms with Crippen molar-refractivity contribution in [2.24, 2.45) is 7.05 Å². The minimum absolute atomic E-state index is 0.0534. The van der Waals surface area contributed by atoms with Crippen molar-refractivity contribution >= 4 is 23.6 Å². The second kappa shape index (κ2) is 6.00. The maximum atomic E-state index is 12.1. The third-order valence-electron chi connectivity index (χ3n) is 2.57. The van der Waals surface area contributed by atoms with Crippen molar-refractivity contribution in [3.05, 3.63) is 23.5 Å². The maximum Gasteiger partial charge on any atom is 0.323 e. The Morgan fingerprint density at radius 1 is 1.15 bits per heavy atom. The summed E-state index contributed by atoms with van der Waals surface area (Å²) in [6.07, 6.45) is 1.43. The van der Waals surface area contributed by atoms with Gasteiger partial charge in [0.05, 0.1) is 0 Å². The Balaban J connectivity index is 3.07. The normalized spacial score (nSPS) is 10.1. The van der Waals surface area contributed by atoms with Gasteiger partial charge in [0, 0.05) is 18.8 Å². The van der Waals surface area contributed by atoms with Crippen LogP contribution < -0.4 is 0 Å². The summed E-state index contributed by atoms with van der Waals surface area (Å²) in [5.74, 6) is -3.64. The maximum absolute atomic E-state index is 12.1. The number of aliphatic carboxylic acids is 2. The van der Waals surface area contributed by atoms with Crippen LogP contribution in [0, 0.1) is 0 Å². The van der Waals surface area contributed by atoms with E-state index in [1.807, 2.05) is 0 Å². The van der Waals surface area contributed by atoms with Crippen molar-refractivity contribution in [3.8, 4) is 0 Å². The number of nitrogens with zero attached hydrogens (tertiary/aromatic N) is 2. The second-order valence-corrected chi connectivity index (χ2v) is 4.23. The van der Waals surface area contributed by atoms with Crippen LogP contribution in [0.5, 0.6) is 0 Å². The Kier molecular flexibility index (Phi) is 4.63. The summed E-state index contributed by atoms with van der Waals surface area (Å²) < 4.78 is 1.36. The Bertz CT molecular complexity index is 559. The van der Waals surface area contributed by atoms with Crippen molar-refractivity contribution in [1.82, 2.24) is 9.47 Å². The fraction of sp³-hybridized carbons (Fsp3) is 0.333. The first-order valence-corrected chi connectivity index (χ1v) is 5.62. The standard InChI is InChI=1S/C12H14N2O6/c1-7(15)8-3-9(13(2)4-8)12(20)14(5-10(16)17)6-11(18)19/h3-4H,5-6H2,1-2H3,(H,16,17)(H,18,19). The lowest BCUT2D eigenvalue weighted by Crippen LogP contribution is -2.40. The molecule has 0 aliphatic heterocycles. The number of hydrogen-bond donors (Lipinski definition) is 2. The zero-order valence-electron chi connectivity index (χ0n) is 11.0. The van der Waals surface area contributed by atoms with Gasteiger partial charge in [-0.05, 0) is 13.0 Å². The lowest BCUT2D eigenvalue weighted by Gasteiger charge is -2.18. The minimum Gasteiger partial charge on any atom is -0.480 e. The van der Waals surface area contributed by atoms with E-state index in [-0.39, 0.29) is 11.5 Å². The van der Waals surface area contributed by atoms with Gasteiger partial charge in [-0.25, -0.2) is 0 Å². The first-order chi connectivity index (χ1) is 9.22. The molecule has 0 spiro atoms. The largest absolute Gasteiger partial charge is 0.480 e. The Labute approximate surface area is 114 Å². The van der Waals surface area contributed by atoms with Crippen molar-refractivity contribution in [2.45, 2.75) is 6.92 Å². The lowest BCUT2D eigenvalue weighted by molar-refractivity contribution is -0.140. The monoisotopic (exact) mass is 282 g/mol. The topological polar surface area (TPSA) is 117 Å². The molecule has 20 heavy (non-hydrogen) atoms. The highest BCUT2D eigenvalue weighted by atomic mass is 16.4. The Hall–Kier alpha value is -2.64. The SMILES string of the molecule is CC(=O)c1cc(C(=O)N(CC(=O)O)CC(=O)O)n(C)c1. The summed E-state index contributed by atoms with van der Waals surface area (Å²) >= 11 is 0. The predicted molar refractivity (Wildman–Crippen MR) is 66.6 cm³/mol. The molecule has 1 amide bonds. The smallest absolute Gasteiger partial charge is 0.323 e. The molecule has 0 bridgehead atoms. The number of rotatable bonds is 6. The summed E-state index contributed by atoms with van der Waals surface area (Å²) in [6, 6.07) is 1.31. The molecular weight excluding hydrogens is 268 g/mol. The first-order valence-electron chi connectivity index (χ1n) is 5.62. The van der Waals surface area contributed by atoms with E-state index in [9.17, 15) is 19.2 Å². The van der Waals surface area contributed by atoms with Crippen LogP contribution in [-0.2, 0) is 16.6 Å². The molecule has 0 saturated heterocycles. The van der Waals surface area contributed by atoms with Crippen LogP contribution in [0.4, 0.5) is 0 Å². The fourth-order valence-electron chi connectivity index (χ4n) is 1.66. The summed E-state index contributed by atoms with van der Waals surface area (Å²) in [6.45, 7) is -0.132. The fourth-order valence-corrected chi connectivity index (χ4v) is 1.66. The summed E-state index contributed by atoms with van der Waals surface area (Å²) in [5, 5.41) is 17.4. The van der Waals surface area contributed by atoms with E-state index in [2.05, 4.69) is 0 Å². The van der Waals surface area contributed by atoms with Gasteiger partial charge in [0.2, 0.25) is 0 Å². The molecule has 0 aliphatic rings. The van der Waals surface area contributed by atoms with E-state index >= 15 is 0 Å². The van der Waals surface area contributed by atoms with Gasteiger partial charge in [-0.15, -0.1) is 0 Å². The molecule has 0 aliphatic carbocycles. The molecule has 1 rings (SSSR count). The molecule has 0 unspecified atom stereocenters. The van der Waals surface area contributed by atoms with Crippen molar-refractivity contribution in [2.75, 3.05) is 13.1 Å². The molecule has 0 atom stereocenters. The van der Waals surface area contributed by atoms with Crippen LogP contribution in [0.15, 0.2) is 12.3 Å². The Morgan fingerprint density at radius 2 is 1.65 bits per heavy atom. The molecule has 108 valence electrons. The molecule has 0 radical (unpaired) electrons. The van der Waals surface area contributed by atoms with Crippen LogP contribution in [0.3, 0.4) is 0 Å². The predicted octanol–water partition coefficient (Wildman–Crippen LogP) is -0.161. The van der Waals surface area contributed by atoms with Crippen LogP contribution in [-0.4, -0.2) is 56.4 Å². The zero-order chi connectivity index (χ0) is 15.4. The number of aromatic nitrogens is 1. The first kappa shape index (κ1) is 15.4. The number of carbonyl (C=O) groups excluding carboxylic acids is 2. The van der Waals surface area contributed by atoms with Crippen molar-refractivity contribution in [1.29, 1.82) is 0 Å². The zero-order valence-corrected chi connectivity index (χ0v) is 11.0. The number of aryl methyl sites for hydroxylation is 1. The summed E-state index contributed by atoms with van der Waals surface area (Å²) in [7, 11) is 1.51. The van der Waals surface area contributed by atoms with Crippen molar-refractivity contribution < 1.29 is 29.4 Å². The van der Waals surface area contributed by atoms with Crippen LogP contribution in [0.1, 0.15) is 27.8 Å². The van der Waals surface area contributed by atoms with Gasteiger partial charge in [-0.2, -0.15) is 0 Å². The van der Waals surface area contributed by atoms with E-state index in [0.717, 1.165) is 0 Å². The number of carboxylic acids is 2. The highest BCUT2D eigenvalue weighted by Gasteiger charge is 2.24. The average molecular weight is 282 g/mol. The molecular formula is C12H14N2O6. The van der Waals surface area contributed by atoms with E-state index in [1.54, 1.807) is 0 Å². The van der Waals surface area contributed by atoms with Crippen LogP contribution in [0.2, 0.25) is 0 Å². The van der Waals surface area contributed by atoms with E-state index in [1.165, 1.54) is 30.8 Å². The number of amides is 1. The number of Topliss-reactive ketones (excluding diaryl/α,β-unsaturated/α-hetero) is 1. The third kappa shape index (κ3) is 3.67. The number of ketones is 1. The van der Waals surface area contributed by atoms with Crippen LogP contribution in [0.25, 0.3) is 0 Å². The molecule has 0 fully saturated rings. The van der Waals surface area contributed by atoms with Gasteiger partial charge >= 0.3 is 11.9 Å². The lowest BCUT2D eigenvalue weighted by atomic mass is 10.2. The summed E-state index contributed by atoms with van der Waals surface area (Å²) in [4.78, 5) is 45.4. The van der Waals surface area contributed by atoms with E-state index < -0.39 is 30.9 Å².